The first-order valence-electron chi connectivity index (χ1n) is 10.4. The summed E-state index contributed by atoms with van der Waals surface area (Å²) in [5.41, 5.74) is 0.604. The Morgan fingerprint density at radius 2 is 1.77 bits per heavy atom. The molecule has 1 heterocycles. The van der Waals surface area contributed by atoms with Gasteiger partial charge in [-0.3, -0.25) is 9.59 Å². The van der Waals surface area contributed by atoms with Gasteiger partial charge in [-0.05, 0) is 23.1 Å². The molecule has 0 unspecified atom stereocenters. The lowest BCUT2D eigenvalue weighted by Gasteiger charge is -2.19. The van der Waals surface area contributed by atoms with Crippen LogP contribution in [0.15, 0.2) is 54.6 Å². The Kier molecular flexibility index (Phi) is 7.03. The van der Waals surface area contributed by atoms with E-state index in [9.17, 15) is 22.8 Å². The molecule has 0 saturated carbocycles. The number of carbonyl (C=O) groups excluding carboxylic acids is 2. The zero-order valence-corrected chi connectivity index (χ0v) is 17.7. The highest BCUT2D eigenvalue weighted by atomic mass is 19.4. The molecule has 4 nitrogen and oxygen atoms in total. The third-order valence-electron chi connectivity index (χ3n) is 5.54. The number of nitrogens with one attached hydrogen (secondary N) is 1. The van der Waals surface area contributed by atoms with Crippen LogP contribution in [0.4, 0.5) is 13.2 Å². The number of hydrogen-bond donors (Lipinski definition) is 1. The molecule has 2 atom stereocenters. The number of benzene rings is 2. The quantitative estimate of drug-likeness (QED) is 0.725. The first kappa shape index (κ1) is 22.8. The number of amides is 2. The zero-order valence-electron chi connectivity index (χ0n) is 17.7. The van der Waals surface area contributed by atoms with Gasteiger partial charge in [-0.1, -0.05) is 62.4 Å². The third-order valence-corrected chi connectivity index (χ3v) is 5.54. The number of rotatable bonds is 6. The highest BCUT2D eigenvalue weighted by Gasteiger charge is 2.41. The minimum Gasteiger partial charge on any atom is -0.352 e. The van der Waals surface area contributed by atoms with Crippen LogP contribution in [0.1, 0.15) is 42.9 Å². The molecule has 166 valence electrons. The fourth-order valence-corrected chi connectivity index (χ4v) is 3.95. The summed E-state index contributed by atoms with van der Waals surface area (Å²) >= 11 is 0. The number of hydrogen-bond acceptors (Lipinski definition) is 2. The van der Waals surface area contributed by atoms with Crippen molar-refractivity contribution in [2.24, 2.45) is 11.8 Å². The molecular formula is C24H27F3N2O2. The molecule has 2 amide bonds. The molecular weight excluding hydrogens is 405 g/mol. The van der Waals surface area contributed by atoms with Crippen molar-refractivity contribution in [2.75, 3.05) is 13.1 Å². The summed E-state index contributed by atoms with van der Waals surface area (Å²) in [6.07, 6.45) is -4.12. The number of halogens is 3. The van der Waals surface area contributed by atoms with E-state index in [1.807, 2.05) is 44.2 Å². The maximum Gasteiger partial charge on any atom is 0.416 e. The Bertz CT molecular complexity index is 913. The summed E-state index contributed by atoms with van der Waals surface area (Å²) < 4.78 is 39.7. The summed E-state index contributed by atoms with van der Waals surface area (Å²) in [6, 6.07) is 14.5. The highest BCUT2D eigenvalue weighted by Crippen LogP contribution is 2.37. The number of nitrogens with zero attached hydrogens (tertiary/aromatic N) is 1. The molecule has 1 aliphatic rings. The van der Waals surface area contributed by atoms with E-state index in [2.05, 4.69) is 5.32 Å². The standard InChI is InChI=1S/C24H27F3N2O2/c1-16(2)11-22(30)29-14-20(18-9-6-10-19(12-18)24(25,26)27)21(15-29)23(31)28-13-17-7-4-3-5-8-17/h3-10,12,16,20-21H,11,13-15H2,1-2H3,(H,28,31)/t20-,21-/m0/s1. The van der Waals surface area contributed by atoms with Crippen LogP contribution < -0.4 is 5.32 Å². The molecule has 3 rings (SSSR count). The largest absolute Gasteiger partial charge is 0.416 e. The Labute approximate surface area is 180 Å². The second-order valence-corrected chi connectivity index (χ2v) is 8.44. The van der Waals surface area contributed by atoms with Crippen LogP contribution in [0.2, 0.25) is 0 Å². The number of carbonyl (C=O) groups is 2. The molecule has 0 aliphatic carbocycles. The van der Waals surface area contributed by atoms with E-state index in [4.69, 9.17) is 0 Å². The van der Waals surface area contributed by atoms with E-state index in [0.717, 1.165) is 17.7 Å². The van der Waals surface area contributed by atoms with E-state index in [0.29, 0.717) is 18.5 Å². The Morgan fingerprint density at radius 3 is 2.42 bits per heavy atom. The summed E-state index contributed by atoms with van der Waals surface area (Å²) in [5.74, 6) is -1.28. The van der Waals surface area contributed by atoms with Crippen LogP contribution in [-0.4, -0.2) is 29.8 Å². The van der Waals surface area contributed by atoms with Crippen LogP contribution >= 0.6 is 0 Å². The van der Waals surface area contributed by atoms with E-state index < -0.39 is 23.6 Å². The van der Waals surface area contributed by atoms with Gasteiger partial charge in [-0.2, -0.15) is 13.2 Å². The maximum absolute atomic E-state index is 13.2. The van der Waals surface area contributed by atoms with Crippen molar-refractivity contribution in [1.29, 1.82) is 0 Å². The molecule has 1 saturated heterocycles. The van der Waals surface area contributed by atoms with Crippen molar-refractivity contribution in [2.45, 2.75) is 38.9 Å². The minimum absolute atomic E-state index is 0.0784. The Morgan fingerprint density at radius 1 is 1.06 bits per heavy atom. The molecule has 7 heteroatoms. The first-order chi connectivity index (χ1) is 14.6. The lowest BCUT2D eigenvalue weighted by molar-refractivity contribution is -0.137. The average molecular weight is 432 g/mol. The maximum atomic E-state index is 13.2. The van der Waals surface area contributed by atoms with Crippen LogP contribution in [0.25, 0.3) is 0 Å². The number of alkyl halides is 3. The predicted molar refractivity (Wildman–Crippen MR) is 112 cm³/mol. The fraction of sp³-hybridized carbons (Fsp3) is 0.417. The van der Waals surface area contributed by atoms with Gasteiger partial charge in [0.1, 0.15) is 0 Å². The van der Waals surface area contributed by atoms with Gasteiger partial charge >= 0.3 is 6.18 Å². The van der Waals surface area contributed by atoms with E-state index in [-0.39, 0.29) is 30.8 Å². The van der Waals surface area contributed by atoms with Crippen molar-refractivity contribution >= 4 is 11.8 Å². The van der Waals surface area contributed by atoms with Gasteiger partial charge in [-0.15, -0.1) is 0 Å². The predicted octanol–water partition coefficient (Wildman–Crippen LogP) is 4.61. The van der Waals surface area contributed by atoms with Gasteiger partial charge < -0.3 is 10.2 Å². The van der Waals surface area contributed by atoms with Gasteiger partial charge in [0.2, 0.25) is 11.8 Å². The Hall–Kier alpha value is -2.83. The summed E-state index contributed by atoms with van der Waals surface area (Å²) in [4.78, 5) is 27.2. The first-order valence-corrected chi connectivity index (χ1v) is 10.4. The van der Waals surface area contributed by atoms with Crippen LogP contribution in [0.5, 0.6) is 0 Å². The molecule has 0 radical (unpaired) electrons. The minimum atomic E-state index is -4.47. The topological polar surface area (TPSA) is 49.4 Å². The normalized spacial score (nSPS) is 19.0. The molecule has 31 heavy (non-hydrogen) atoms. The second-order valence-electron chi connectivity index (χ2n) is 8.44. The van der Waals surface area contributed by atoms with Crippen molar-refractivity contribution in [1.82, 2.24) is 10.2 Å². The third kappa shape index (κ3) is 5.87. The molecule has 0 bridgehead atoms. The van der Waals surface area contributed by atoms with Crippen LogP contribution in [0, 0.1) is 11.8 Å². The van der Waals surface area contributed by atoms with Crippen LogP contribution in [0.3, 0.4) is 0 Å². The lowest BCUT2D eigenvalue weighted by atomic mass is 9.87. The second kappa shape index (κ2) is 9.54. The van der Waals surface area contributed by atoms with Gasteiger partial charge in [-0.25, -0.2) is 0 Å². The molecule has 2 aromatic rings. The van der Waals surface area contributed by atoms with E-state index >= 15 is 0 Å². The van der Waals surface area contributed by atoms with Gasteiger partial charge in [0, 0.05) is 32.0 Å². The Balaban J connectivity index is 1.82. The van der Waals surface area contributed by atoms with E-state index in [1.54, 1.807) is 11.0 Å². The van der Waals surface area contributed by atoms with Crippen LogP contribution in [-0.2, 0) is 22.3 Å². The lowest BCUT2D eigenvalue weighted by Crippen LogP contribution is -2.35. The van der Waals surface area contributed by atoms with Crippen molar-refractivity contribution in [3.05, 3.63) is 71.3 Å². The molecule has 1 aliphatic heterocycles. The van der Waals surface area contributed by atoms with Gasteiger partial charge in [0.05, 0.1) is 11.5 Å². The molecule has 1 N–H and O–H groups in total. The number of likely N-dealkylation sites (tertiary alicyclic amines) is 1. The zero-order chi connectivity index (χ0) is 22.6. The molecule has 0 spiro atoms. The SMILES string of the molecule is CC(C)CC(=O)N1C[C@H](C(=O)NCc2ccccc2)[C@H](c2cccc(C(F)(F)F)c2)C1. The summed E-state index contributed by atoms with van der Waals surface area (Å²) in [5, 5.41) is 2.89. The molecule has 0 aromatic heterocycles. The smallest absolute Gasteiger partial charge is 0.352 e. The molecule has 2 aromatic carbocycles. The van der Waals surface area contributed by atoms with Crippen molar-refractivity contribution in [3.8, 4) is 0 Å². The fourth-order valence-electron chi connectivity index (χ4n) is 3.95. The summed E-state index contributed by atoms with van der Waals surface area (Å²) in [6.45, 7) is 4.62. The van der Waals surface area contributed by atoms with E-state index in [1.165, 1.54) is 6.07 Å². The van der Waals surface area contributed by atoms with Crippen molar-refractivity contribution < 1.29 is 22.8 Å². The summed E-state index contributed by atoms with van der Waals surface area (Å²) in [7, 11) is 0. The van der Waals surface area contributed by atoms with Crippen molar-refractivity contribution in [3.63, 3.8) is 0 Å². The average Bonchev–Trinajstić information content (AvgIpc) is 3.18. The van der Waals surface area contributed by atoms with Gasteiger partial charge in [0.25, 0.3) is 0 Å². The highest BCUT2D eigenvalue weighted by molar-refractivity contribution is 5.83. The monoisotopic (exact) mass is 432 g/mol. The molecule has 1 fully saturated rings. The van der Waals surface area contributed by atoms with Gasteiger partial charge in [0.15, 0.2) is 0 Å².